The fourth-order valence-electron chi connectivity index (χ4n) is 1.62. The van der Waals surface area contributed by atoms with Crippen LogP contribution in [0.2, 0.25) is 0 Å². The minimum Gasteiger partial charge on any atom is -0.311 e. The summed E-state index contributed by atoms with van der Waals surface area (Å²) in [5.41, 5.74) is 2.53. The molecule has 17 heavy (non-hydrogen) atoms. The molecule has 0 saturated heterocycles. The molecule has 0 fully saturated rings. The molecule has 0 radical (unpaired) electrons. The van der Waals surface area contributed by atoms with E-state index in [-0.39, 0.29) is 0 Å². The fourth-order valence-corrected chi connectivity index (χ4v) is 1.98. The summed E-state index contributed by atoms with van der Waals surface area (Å²) in [5.74, 6) is 0. The Morgan fingerprint density at radius 3 is 2.71 bits per heavy atom. The number of hydrogen-bond donors (Lipinski definition) is 1. The third kappa shape index (κ3) is 4.12. The van der Waals surface area contributed by atoms with Crippen molar-refractivity contribution >= 4 is 22.6 Å². The van der Waals surface area contributed by atoms with E-state index >= 15 is 0 Å². The van der Waals surface area contributed by atoms with Crippen molar-refractivity contribution in [1.29, 1.82) is 0 Å². The van der Waals surface area contributed by atoms with Gasteiger partial charge in [0.1, 0.15) is 0 Å². The van der Waals surface area contributed by atoms with Gasteiger partial charge in [-0.2, -0.15) is 5.10 Å². The highest BCUT2D eigenvalue weighted by Crippen LogP contribution is 2.06. The van der Waals surface area contributed by atoms with Crippen LogP contribution >= 0.6 is 22.6 Å². The topological polar surface area (TPSA) is 29.9 Å². The van der Waals surface area contributed by atoms with Crippen molar-refractivity contribution in [2.45, 2.75) is 20.0 Å². The number of halogens is 1. The average Bonchev–Trinajstić information content (AvgIpc) is 2.73. The SMILES string of the molecule is Cc1cnn(CCNCc2ccc(I)cc2)c1. The normalized spacial score (nSPS) is 10.7. The molecule has 0 aliphatic carbocycles. The number of nitrogens with zero attached hydrogens (tertiary/aromatic N) is 2. The molecule has 0 amide bonds. The Kier molecular flexibility index (Phi) is 4.56. The fraction of sp³-hybridized carbons (Fsp3) is 0.308. The first-order valence-corrected chi connectivity index (χ1v) is 6.76. The van der Waals surface area contributed by atoms with Gasteiger partial charge in [0.15, 0.2) is 0 Å². The van der Waals surface area contributed by atoms with Gasteiger partial charge in [-0.3, -0.25) is 4.68 Å². The molecule has 1 N–H and O–H groups in total. The van der Waals surface area contributed by atoms with Gasteiger partial charge in [0.25, 0.3) is 0 Å². The summed E-state index contributed by atoms with van der Waals surface area (Å²) in [6, 6.07) is 8.59. The van der Waals surface area contributed by atoms with Crippen molar-refractivity contribution in [3.8, 4) is 0 Å². The van der Waals surface area contributed by atoms with Crippen LogP contribution in [0, 0.1) is 10.5 Å². The van der Waals surface area contributed by atoms with E-state index in [0.29, 0.717) is 0 Å². The van der Waals surface area contributed by atoms with Crippen LogP contribution in [0.5, 0.6) is 0 Å². The zero-order valence-corrected chi connectivity index (χ0v) is 12.0. The maximum absolute atomic E-state index is 4.25. The average molecular weight is 341 g/mol. The van der Waals surface area contributed by atoms with Crippen molar-refractivity contribution in [3.63, 3.8) is 0 Å². The van der Waals surface area contributed by atoms with Gasteiger partial charge in [-0.15, -0.1) is 0 Å². The lowest BCUT2D eigenvalue weighted by molar-refractivity contribution is 0.554. The van der Waals surface area contributed by atoms with Gasteiger partial charge in [0.05, 0.1) is 12.7 Å². The number of nitrogens with one attached hydrogen (secondary N) is 1. The largest absolute Gasteiger partial charge is 0.311 e. The minimum atomic E-state index is 0.914. The predicted molar refractivity (Wildman–Crippen MR) is 77.8 cm³/mol. The molecule has 0 unspecified atom stereocenters. The standard InChI is InChI=1S/C13H16IN3/c1-11-8-16-17(10-11)7-6-15-9-12-2-4-13(14)5-3-12/h2-5,8,10,15H,6-7,9H2,1H3. The van der Waals surface area contributed by atoms with E-state index in [4.69, 9.17) is 0 Å². The number of benzene rings is 1. The third-order valence-corrected chi connectivity index (χ3v) is 3.24. The Balaban J connectivity index is 1.71. The smallest absolute Gasteiger partial charge is 0.0534 e. The molecule has 0 aliphatic heterocycles. The Labute approximate surface area is 115 Å². The summed E-state index contributed by atoms with van der Waals surface area (Å²) in [4.78, 5) is 0. The van der Waals surface area contributed by atoms with Crippen molar-refractivity contribution in [1.82, 2.24) is 15.1 Å². The molecule has 90 valence electrons. The highest BCUT2D eigenvalue weighted by Gasteiger charge is 1.95. The summed E-state index contributed by atoms with van der Waals surface area (Å²) in [5, 5.41) is 7.66. The highest BCUT2D eigenvalue weighted by molar-refractivity contribution is 14.1. The summed E-state index contributed by atoms with van der Waals surface area (Å²) in [6.07, 6.45) is 3.95. The lowest BCUT2D eigenvalue weighted by atomic mass is 10.2. The summed E-state index contributed by atoms with van der Waals surface area (Å²) < 4.78 is 3.24. The number of rotatable bonds is 5. The van der Waals surface area contributed by atoms with E-state index in [0.717, 1.165) is 19.6 Å². The van der Waals surface area contributed by atoms with Crippen molar-refractivity contribution in [2.24, 2.45) is 0 Å². The third-order valence-electron chi connectivity index (χ3n) is 2.52. The first kappa shape index (κ1) is 12.6. The molecule has 2 rings (SSSR count). The molecule has 1 heterocycles. The van der Waals surface area contributed by atoms with E-state index in [9.17, 15) is 0 Å². The van der Waals surface area contributed by atoms with Crippen LogP contribution < -0.4 is 5.32 Å². The molecule has 1 aromatic heterocycles. The monoisotopic (exact) mass is 341 g/mol. The summed E-state index contributed by atoms with van der Waals surface area (Å²) in [6.45, 7) is 4.82. The highest BCUT2D eigenvalue weighted by atomic mass is 127. The van der Waals surface area contributed by atoms with Crippen LogP contribution in [0.3, 0.4) is 0 Å². The Morgan fingerprint density at radius 2 is 2.06 bits per heavy atom. The Bertz CT molecular complexity index is 462. The number of aryl methyl sites for hydroxylation is 1. The second-order valence-corrected chi connectivity index (χ2v) is 5.33. The van der Waals surface area contributed by atoms with E-state index in [1.165, 1.54) is 14.7 Å². The molecule has 0 atom stereocenters. The molecular formula is C13H16IN3. The zero-order valence-electron chi connectivity index (χ0n) is 9.86. The minimum absolute atomic E-state index is 0.914. The second kappa shape index (κ2) is 6.16. The summed E-state index contributed by atoms with van der Waals surface area (Å²) >= 11 is 2.32. The van der Waals surface area contributed by atoms with Crippen LogP contribution in [0.15, 0.2) is 36.7 Å². The molecule has 0 aliphatic rings. The van der Waals surface area contributed by atoms with Crippen LogP contribution in [0.25, 0.3) is 0 Å². The van der Waals surface area contributed by atoms with Crippen LogP contribution in [-0.2, 0) is 13.1 Å². The van der Waals surface area contributed by atoms with Crippen molar-refractivity contribution < 1.29 is 0 Å². The second-order valence-electron chi connectivity index (χ2n) is 4.08. The lowest BCUT2D eigenvalue weighted by Gasteiger charge is -2.05. The molecule has 3 nitrogen and oxygen atoms in total. The Morgan fingerprint density at radius 1 is 1.29 bits per heavy atom. The maximum Gasteiger partial charge on any atom is 0.0534 e. The first-order valence-electron chi connectivity index (χ1n) is 5.68. The number of aromatic nitrogens is 2. The van der Waals surface area contributed by atoms with Crippen molar-refractivity contribution in [3.05, 3.63) is 51.4 Å². The molecule has 4 heteroatoms. The zero-order chi connectivity index (χ0) is 12.1. The van der Waals surface area contributed by atoms with E-state index in [1.807, 2.05) is 10.9 Å². The molecular weight excluding hydrogens is 325 g/mol. The van der Waals surface area contributed by atoms with E-state index < -0.39 is 0 Å². The molecule has 1 aromatic carbocycles. The van der Waals surface area contributed by atoms with Gasteiger partial charge in [-0.05, 0) is 52.8 Å². The van der Waals surface area contributed by atoms with Crippen LogP contribution in [-0.4, -0.2) is 16.3 Å². The maximum atomic E-state index is 4.25. The predicted octanol–water partition coefficient (Wildman–Crippen LogP) is 2.59. The van der Waals surface area contributed by atoms with Gasteiger partial charge in [-0.1, -0.05) is 12.1 Å². The lowest BCUT2D eigenvalue weighted by Crippen LogP contribution is -2.19. The van der Waals surface area contributed by atoms with E-state index in [1.54, 1.807) is 0 Å². The Hall–Kier alpha value is -0.880. The quantitative estimate of drug-likeness (QED) is 0.669. The van der Waals surface area contributed by atoms with Crippen LogP contribution in [0.1, 0.15) is 11.1 Å². The van der Waals surface area contributed by atoms with Crippen molar-refractivity contribution in [2.75, 3.05) is 6.54 Å². The van der Waals surface area contributed by atoms with Gasteiger partial charge in [0, 0.05) is 22.9 Å². The van der Waals surface area contributed by atoms with Crippen LogP contribution in [0.4, 0.5) is 0 Å². The first-order chi connectivity index (χ1) is 8.24. The van der Waals surface area contributed by atoms with Gasteiger partial charge < -0.3 is 5.32 Å². The van der Waals surface area contributed by atoms with E-state index in [2.05, 4.69) is 70.4 Å². The summed E-state index contributed by atoms with van der Waals surface area (Å²) in [7, 11) is 0. The molecule has 2 aromatic rings. The molecule has 0 bridgehead atoms. The molecule has 0 spiro atoms. The van der Waals surface area contributed by atoms with Gasteiger partial charge in [0.2, 0.25) is 0 Å². The molecule has 0 saturated carbocycles. The van der Waals surface area contributed by atoms with Gasteiger partial charge in [-0.25, -0.2) is 0 Å². The number of hydrogen-bond acceptors (Lipinski definition) is 2. The van der Waals surface area contributed by atoms with Gasteiger partial charge >= 0.3 is 0 Å².